The molecule has 2 aromatic rings. The van der Waals surface area contributed by atoms with Gasteiger partial charge < -0.3 is 15.4 Å². The van der Waals surface area contributed by atoms with Crippen molar-refractivity contribution >= 4 is 5.91 Å². The zero-order valence-corrected chi connectivity index (χ0v) is 15.5. The highest BCUT2D eigenvalue weighted by Crippen LogP contribution is 2.25. The van der Waals surface area contributed by atoms with E-state index in [9.17, 15) is 4.79 Å². The number of hydrogen-bond acceptors (Lipinski definition) is 6. The highest BCUT2D eigenvalue weighted by Gasteiger charge is 2.14. The second-order valence-electron chi connectivity index (χ2n) is 7.04. The van der Waals surface area contributed by atoms with Crippen molar-refractivity contribution < 1.29 is 9.53 Å². The number of amides is 1. The summed E-state index contributed by atoms with van der Waals surface area (Å²) in [5.74, 6) is 0.765. The average Bonchev–Trinajstić information content (AvgIpc) is 3.20. The zero-order valence-electron chi connectivity index (χ0n) is 15.5. The minimum absolute atomic E-state index is 0.197. The van der Waals surface area contributed by atoms with Crippen LogP contribution in [0.4, 0.5) is 0 Å². The van der Waals surface area contributed by atoms with E-state index in [1.807, 2.05) is 12.1 Å². The molecule has 1 fully saturated rings. The smallest absolute Gasteiger partial charge is 0.273 e. The normalized spacial score (nSPS) is 17.2. The Morgan fingerprint density at radius 1 is 1.26 bits per heavy atom. The fourth-order valence-electron chi connectivity index (χ4n) is 3.49. The van der Waals surface area contributed by atoms with E-state index in [-0.39, 0.29) is 5.91 Å². The van der Waals surface area contributed by atoms with Crippen LogP contribution in [0, 0.1) is 0 Å². The number of carbonyl (C=O) groups excluding carboxylic acids is 1. The number of nitrogens with zero attached hydrogens (tertiary/aromatic N) is 4. The molecule has 1 aromatic heterocycles. The Kier molecular flexibility index (Phi) is 5.64. The summed E-state index contributed by atoms with van der Waals surface area (Å²) in [5, 5.41) is 14.4. The number of ether oxygens (including phenoxy) is 1. The summed E-state index contributed by atoms with van der Waals surface area (Å²) in [7, 11) is 0. The second kappa shape index (κ2) is 8.49. The third kappa shape index (κ3) is 4.64. The first kappa shape index (κ1) is 17.9. The van der Waals surface area contributed by atoms with Gasteiger partial charge in [-0.2, -0.15) is 0 Å². The van der Waals surface area contributed by atoms with Crippen molar-refractivity contribution in [2.45, 2.75) is 25.9 Å². The lowest BCUT2D eigenvalue weighted by Crippen LogP contribution is -2.44. The maximum absolute atomic E-state index is 12.4. The molecule has 0 spiro atoms. The number of aryl methyl sites for hydroxylation is 1. The van der Waals surface area contributed by atoms with Gasteiger partial charge in [-0.3, -0.25) is 14.4 Å². The van der Waals surface area contributed by atoms with E-state index in [0.29, 0.717) is 12.2 Å². The molecule has 0 unspecified atom stereocenters. The molecule has 0 bridgehead atoms. The van der Waals surface area contributed by atoms with Gasteiger partial charge in [-0.15, -0.1) is 5.10 Å². The predicted molar refractivity (Wildman–Crippen MR) is 101 cm³/mol. The van der Waals surface area contributed by atoms with Crippen molar-refractivity contribution in [1.82, 2.24) is 30.5 Å². The van der Waals surface area contributed by atoms with Gasteiger partial charge in [-0.25, -0.2) is 0 Å². The Labute approximate surface area is 158 Å². The Morgan fingerprint density at radius 3 is 3.04 bits per heavy atom. The lowest BCUT2D eigenvalue weighted by atomic mass is 10.0. The van der Waals surface area contributed by atoms with Crippen LogP contribution in [0.3, 0.4) is 0 Å². The third-order valence-electron chi connectivity index (χ3n) is 5.05. The van der Waals surface area contributed by atoms with Gasteiger partial charge in [0, 0.05) is 39.3 Å². The van der Waals surface area contributed by atoms with Crippen molar-refractivity contribution in [3.05, 3.63) is 41.2 Å². The topological polar surface area (TPSA) is 84.3 Å². The van der Waals surface area contributed by atoms with Gasteiger partial charge in [0.1, 0.15) is 5.75 Å². The van der Waals surface area contributed by atoms with E-state index in [1.54, 1.807) is 10.9 Å². The Hall–Kier alpha value is -2.45. The third-order valence-corrected chi connectivity index (χ3v) is 5.05. The molecule has 0 aliphatic carbocycles. The van der Waals surface area contributed by atoms with Gasteiger partial charge >= 0.3 is 0 Å². The average molecular weight is 370 g/mol. The number of hydrogen-bond donors (Lipinski definition) is 2. The lowest BCUT2D eigenvalue weighted by molar-refractivity contribution is 0.0946. The molecule has 2 aliphatic rings. The van der Waals surface area contributed by atoms with Gasteiger partial charge in [0.05, 0.1) is 19.3 Å². The van der Waals surface area contributed by atoms with Crippen molar-refractivity contribution in [2.75, 3.05) is 39.3 Å². The van der Waals surface area contributed by atoms with Crippen LogP contribution in [-0.4, -0.2) is 65.1 Å². The molecule has 1 saturated heterocycles. The molecule has 1 aromatic carbocycles. The largest absolute Gasteiger partial charge is 0.493 e. The monoisotopic (exact) mass is 370 g/mol. The molecule has 3 heterocycles. The highest BCUT2D eigenvalue weighted by molar-refractivity contribution is 5.91. The van der Waals surface area contributed by atoms with Gasteiger partial charge in [0.15, 0.2) is 5.69 Å². The number of piperazine rings is 1. The first-order chi connectivity index (χ1) is 13.3. The molecule has 27 heavy (non-hydrogen) atoms. The zero-order chi connectivity index (χ0) is 18.5. The molecule has 8 nitrogen and oxygen atoms in total. The summed E-state index contributed by atoms with van der Waals surface area (Å²) < 4.78 is 7.37. The molecule has 144 valence electrons. The van der Waals surface area contributed by atoms with Gasteiger partial charge in [0.2, 0.25) is 0 Å². The van der Waals surface area contributed by atoms with Crippen molar-refractivity contribution in [3.8, 4) is 5.75 Å². The first-order valence-electron chi connectivity index (χ1n) is 9.64. The van der Waals surface area contributed by atoms with Gasteiger partial charge in [-0.1, -0.05) is 17.3 Å². The number of fused-ring (bicyclic) bond motifs is 1. The molecule has 8 heteroatoms. The standard InChI is InChI=1S/C19H26N6O2/c26-19(21-13-15-3-4-18-16(12-15)2-1-11-27-18)17-14-25(23-22-17)10-9-24-7-5-20-6-8-24/h3-4,12,14,20H,1-2,5-11,13H2,(H,21,26). The Balaban J connectivity index is 1.27. The fraction of sp³-hybridized carbons (Fsp3) is 0.526. The van der Waals surface area contributed by atoms with E-state index in [2.05, 4.69) is 31.9 Å². The number of nitrogens with one attached hydrogen (secondary N) is 2. The summed E-state index contributed by atoms with van der Waals surface area (Å²) in [6, 6.07) is 6.09. The minimum atomic E-state index is -0.197. The van der Waals surface area contributed by atoms with Crippen LogP contribution in [0.25, 0.3) is 0 Å². The Morgan fingerprint density at radius 2 is 2.15 bits per heavy atom. The van der Waals surface area contributed by atoms with Crippen LogP contribution >= 0.6 is 0 Å². The molecular weight excluding hydrogens is 344 g/mol. The quantitative estimate of drug-likeness (QED) is 0.768. The maximum atomic E-state index is 12.4. The molecule has 0 radical (unpaired) electrons. The second-order valence-corrected chi connectivity index (χ2v) is 7.04. The number of benzene rings is 1. The van der Waals surface area contributed by atoms with Crippen LogP contribution in [0.2, 0.25) is 0 Å². The molecule has 2 N–H and O–H groups in total. The predicted octanol–water partition coefficient (Wildman–Crippen LogP) is 0.438. The molecular formula is C19H26N6O2. The van der Waals surface area contributed by atoms with Crippen molar-refractivity contribution in [1.29, 1.82) is 0 Å². The van der Waals surface area contributed by atoms with E-state index < -0.39 is 0 Å². The van der Waals surface area contributed by atoms with E-state index in [4.69, 9.17) is 4.74 Å². The molecule has 0 atom stereocenters. The number of carbonyl (C=O) groups is 1. The first-order valence-corrected chi connectivity index (χ1v) is 9.64. The molecule has 2 aliphatic heterocycles. The van der Waals surface area contributed by atoms with Crippen LogP contribution < -0.4 is 15.4 Å². The van der Waals surface area contributed by atoms with E-state index in [0.717, 1.165) is 70.0 Å². The lowest BCUT2D eigenvalue weighted by Gasteiger charge is -2.26. The fourth-order valence-corrected chi connectivity index (χ4v) is 3.49. The summed E-state index contributed by atoms with van der Waals surface area (Å²) in [4.78, 5) is 14.7. The van der Waals surface area contributed by atoms with E-state index >= 15 is 0 Å². The van der Waals surface area contributed by atoms with Crippen molar-refractivity contribution in [3.63, 3.8) is 0 Å². The number of aromatic nitrogens is 3. The SMILES string of the molecule is O=C(NCc1ccc2c(c1)CCCO2)c1cn(CCN2CCNCC2)nn1. The van der Waals surface area contributed by atoms with Crippen LogP contribution in [0.1, 0.15) is 28.0 Å². The maximum Gasteiger partial charge on any atom is 0.273 e. The molecule has 4 rings (SSSR count). The minimum Gasteiger partial charge on any atom is -0.493 e. The van der Waals surface area contributed by atoms with Crippen LogP contribution in [0.5, 0.6) is 5.75 Å². The number of rotatable bonds is 6. The summed E-state index contributed by atoms with van der Waals surface area (Å²) >= 11 is 0. The van der Waals surface area contributed by atoms with Crippen molar-refractivity contribution in [2.24, 2.45) is 0 Å². The van der Waals surface area contributed by atoms with Gasteiger partial charge in [0.25, 0.3) is 5.91 Å². The summed E-state index contributed by atoms with van der Waals surface area (Å²) in [6.07, 6.45) is 3.79. The van der Waals surface area contributed by atoms with Crippen LogP contribution in [-0.2, 0) is 19.5 Å². The summed E-state index contributed by atoms with van der Waals surface area (Å²) in [5.41, 5.74) is 2.64. The highest BCUT2D eigenvalue weighted by atomic mass is 16.5. The van der Waals surface area contributed by atoms with Gasteiger partial charge in [-0.05, 0) is 30.0 Å². The summed E-state index contributed by atoms with van der Waals surface area (Å²) in [6.45, 7) is 7.07. The molecule has 0 saturated carbocycles. The molecule has 1 amide bonds. The Bertz CT molecular complexity index is 784. The van der Waals surface area contributed by atoms with Crippen LogP contribution in [0.15, 0.2) is 24.4 Å². The van der Waals surface area contributed by atoms with E-state index in [1.165, 1.54) is 5.56 Å².